The van der Waals surface area contributed by atoms with Crippen LogP contribution in [0.3, 0.4) is 0 Å². The molecule has 5 nitrogen and oxygen atoms in total. The van der Waals surface area contributed by atoms with Crippen molar-refractivity contribution >= 4 is 37.9 Å². The van der Waals surface area contributed by atoms with Crippen molar-refractivity contribution in [2.24, 2.45) is 0 Å². The van der Waals surface area contributed by atoms with Crippen molar-refractivity contribution in [2.45, 2.75) is 210 Å². The van der Waals surface area contributed by atoms with E-state index in [1.165, 1.54) is 62.8 Å². The Morgan fingerprint density at radius 2 is 0.469 bits per heavy atom. The lowest BCUT2D eigenvalue weighted by Gasteiger charge is -2.37. The molecule has 442 valence electrons. The summed E-state index contributed by atoms with van der Waals surface area (Å²) in [5.41, 5.74) is 9.28. The number of hydrogen-bond donors (Lipinski definition) is 0. The van der Waals surface area contributed by atoms with Crippen molar-refractivity contribution in [3.63, 3.8) is 0 Å². The third-order valence-electron chi connectivity index (χ3n) is 13.5. The largest absolute Gasteiger partial charge is 0.743 e. The van der Waals surface area contributed by atoms with Crippen LogP contribution in [0, 0.1) is 0 Å². The van der Waals surface area contributed by atoms with Gasteiger partial charge in [-0.05, 0) is 139 Å². The van der Waals surface area contributed by atoms with E-state index in [2.05, 4.69) is 270 Å². The highest BCUT2D eigenvalue weighted by Crippen LogP contribution is 2.54. The fraction of sp³-hybridized carbons (Fsp3) is 0.431. The smallest absolute Gasteiger partial charge is 0.402 e. The standard InChI is InChI=1S/2C30H39S.C5H2F8O5S/c2*1-28(2,3)22-10-16-25(17-11-22)31(26-18-12-23(13-19-26)29(4,5)6)27-20-14-24(15-21-27)30(7,8)9;6-2(7,1(14)15)3(8,9)4(10,11)5(12,13)19(16,17)18/h2*10-21H,1-9H3;(H,14,15)(H,16,17,18)/q2*+1;/p-2. The zero-order chi connectivity index (χ0) is 62.1. The Morgan fingerprint density at radius 3 is 0.580 bits per heavy atom. The molecule has 0 aliphatic rings. The summed E-state index contributed by atoms with van der Waals surface area (Å²) in [5, 5.41) is 2.37. The molecule has 0 spiro atoms. The predicted molar refractivity (Wildman–Crippen MR) is 310 cm³/mol. The molecule has 6 aromatic carbocycles. The van der Waals surface area contributed by atoms with E-state index in [0.717, 1.165) is 0 Å². The van der Waals surface area contributed by atoms with Gasteiger partial charge in [0.25, 0.3) is 0 Å². The number of carboxylic acids is 1. The zero-order valence-electron chi connectivity index (χ0n) is 49.6. The van der Waals surface area contributed by atoms with Gasteiger partial charge in [0, 0.05) is 0 Å². The van der Waals surface area contributed by atoms with Crippen molar-refractivity contribution < 1.29 is 58.0 Å². The van der Waals surface area contributed by atoms with E-state index in [-0.39, 0.29) is 54.3 Å². The van der Waals surface area contributed by atoms with Crippen LogP contribution in [0.2, 0.25) is 0 Å². The number of carboxylic acid groups (broad SMARTS) is 1. The average molecular weight is 1190 g/mol. The van der Waals surface area contributed by atoms with Crippen LogP contribution in [0.1, 0.15) is 158 Å². The minimum Gasteiger partial charge on any atom is -0.743 e. The van der Waals surface area contributed by atoms with Gasteiger partial charge in [-0.1, -0.05) is 197 Å². The van der Waals surface area contributed by atoms with Crippen molar-refractivity contribution in [3.05, 3.63) is 179 Å². The van der Waals surface area contributed by atoms with E-state index >= 15 is 0 Å². The molecular weight excluding hydrogens is 1110 g/mol. The lowest BCUT2D eigenvalue weighted by atomic mass is 9.87. The van der Waals surface area contributed by atoms with Gasteiger partial charge in [0.15, 0.2) is 39.5 Å². The number of benzene rings is 6. The monoisotopic (exact) mass is 1190 g/mol. The molecule has 0 unspecified atom stereocenters. The van der Waals surface area contributed by atoms with Gasteiger partial charge in [0.2, 0.25) is 0 Å². The molecule has 81 heavy (non-hydrogen) atoms. The third kappa shape index (κ3) is 16.1. The summed E-state index contributed by atoms with van der Waals surface area (Å²) in [5.74, 6) is -25.9. The number of halogens is 8. The molecule has 0 atom stereocenters. The second kappa shape index (κ2) is 24.2. The van der Waals surface area contributed by atoms with Crippen molar-refractivity contribution in [1.29, 1.82) is 0 Å². The number of rotatable bonds is 11. The van der Waals surface area contributed by atoms with Crippen LogP contribution >= 0.6 is 0 Å². The molecular formula is C65H78F8O5S3. The second-order valence-electron chi connectivity index (χ2n) is 26.2. The number of carbonyl (C=O) groups is 1. The molecule has 16 heteroatoms. The topological polar surface area (TPSA) is 97.3 Å². The first-order chi connectivity index (χ1) is 36.5. The second-order valence-corrected chi connectivity index (χ2v) is 31.7. The van der Waals surface area contributed by atoms with Gasteiger partial charge in [-0.25, -0.2) is 8.42 Å². The van der Waals surface area contributed by atoms with Crippen LogP contribution in [-0.4, -0.2) is 42.0 Å². The number of aliphatic carboxylic acids is 1. The summed E-state index contributed by atoms with van der Waals surface area (Å²) in [4.78, 5) is 17.8. The molecule has 0 aliphatic heterocycles. The fourth-order valence-electron chi connectivity index (χ4n) is 8.03. The highest BCUT2D eigenvalue weighted by molar-refractivity contribution is 7.97. The average Bonchev–Trinajstić information content (AvgIpc) is 3.33. The highest BCUT2D eigenvalue weighted by atomic mass is 32.2. The quantitative estimate of drug-likeness (QED) is 0.0731. The first-order valence-electron chi connectivity index (χ1n) is 26.3. The summed E-state index contributed by atoms with van der Waals surface area (Å²) in [6.07, 6.45) is 0. The summed E-state index contributed by atoms with van der Waals surface area (Å²) in [6, 6.07) is 55.7. The van der Waals surface area contributed by atoms with Crippen LogP contribution in [0.4, 0.5) is 35.1 Å². The molecule has 0 amide bonds. The van der Waals surface area contributed by atoms with Crippen LogP contribution in [-0.2, 0) is 69.2 Å². The van der Waals surface area contributed by atoms with Gasteiger partial charge >= 0.3 is 23.0 Å². The summed E-state index contributed by atoms with van der Waals surface area (Å²) < 4.78 is 128. The maximum atomic E-state index is 12.5. The van der Waals surface area contributed by atoms with E-state index in [1.807, 2.05) is 0 Å². The van der Waals surface area contributed by atoms with Crippen molar-refractivity contribution in [2.75, 3.05) is 0 Å². The fourth-order valence-corrected chi connectivity index (χ4v) is 12.6. The molecule has 0 aromatic heterocycles. The van der Waals surface area contributed by atoms with Gasteiger partial charge in [-0.3, -0.25) is 0 Å². The molecule has 0 radical (unpaired) electrons. The van der Waals surface area contributed by atoms with E-state index < -0.39 is 39.1 Å². The number of alkyl halides is 8. The zero-order valence-corrected chi connectivity index (χ0v) is 52.1. The highest BCUT2D eigenvalue weighted by Gasteiger charge is 2.83. The van der Waals surface area contributed by atoms with Gasteiger partial charge < -0.3 is 14.5 Å². The molecule has 0 saturated carbocycles. The molecule has 0 N–H and O–H groups in total. The van der Waals surface area contributed by atoms with Crippen molar-refractivity contribution in [3.8, 4) is 0 Å². The van der Waals surface area contributed by atoms with Gasteiger partial charge in [0.05, 0.1) is 21.8 Å². The Bertz CT molecular complexity index is 2710. The maximum Gasteiger partial charge on any atom is 0.402 e. The Kier molecular flexibility index (Phi) is 20.4. The van der Waals surface area contributed by atoms with Gasteiger partial charge in [-0.2, -0.15) is 35.1 Å². The Hall–Kier alpha value is -5.16. The maximum absolute atomic E-state index is 12.5. The van der Waals surface area contributed by atoms with Gasteiger partial charge in [0.1, 0.15) is 5.97 Å². The van der Waals surface area contributed by atoms with E-state index in [0.29, 0.717) is 0 Å². The molecule has 0 aliphatic carbocycles. The SMILES string of the molecule is CC(C)(C)c1ccc([S+](c2ccc(C(C)(C)C)cc2)c2ccc(C(C)(C)C)cc2)cc1.CC(C)(C)c1ccc([S+](c2ccc(C(C)(C)C)cc2)c2ccc(C(C)(C)C)cc2)cc1.O=C([O-])C(F)(F)C(F)(F)C(F)(F)C(F)(F)S(=O)(=O)[O-]. The van der Waals surface area contributed by atoms with E-state index in [9.17, 15) is 58.0 Å². The number of hydrogen-bond acceptors (Lipinski definition) is 5. The summed E-state index contributed by atoms with van der Waals surface area (Å²) >= 11 is 0. The normalized spacial score (nSPS) is 13.5. The minimum atomic E-state index is -7.50. The number of carbonyl (C=O) groups excluding carboxylic acids is 1. The summed E-state index contributed by atoms with van der Waals surface area (Å²) in [6.45, 7) is 41.0. The Morgan fingerprint density at radius 1 is 0.321 bits per heavy atom. The predicted octanol–water partition coefficient (Wildman–Crippen LogP) is 17.1. The lowest BCUT2D eigenvalue weighted by Crippen LogP contribution is -2.68. The van der Waals surface area contributed by atoms with Gasteiger partial charge in [-0.15, -0.1) is 0 Å². The minimum absolute atomic E-state index is 0.120. The molecule has 0 saturated heterocycles. The molecule has 6 rings (SSSR count). The first kappa shape index (κ1) is 68.3. The van der Waals surface area contributed by atoms with Crippen molar-refractivity contribution in [1.82, 2.24) is 0 Å². The summed E-state index contributed by atoms with van der Waals surface area (Å²) in [7, 11) is -7.73. The molecule has 0 fully saturated rings. The van der Waals surface area contributed by atoms with Crippen LogP contribution < -0.4 is 5.11 Å². The van der Waals surface area contributed by atoms with Crippen LogP contribution in [0.15, 0.2) is 175 Å². The third-order valence-corrected chi connectivity index (χ3v) is 18.8. The molecule has 6 aromatic rings. The lowest BCUT2D eigenvalue weighted by molar-refractivity contribution is -0.383. The van der Waals surface area contributed by atoms with Crippen LogP contribution in [0.5, 0.6) is 0 Å². The Balaban J connectivity index is 0.000000271. The van der Waals surface area contributed by atoms with Crippen LogP contribution in [0.25, 0.3) is 0 Å². The van der Waals surface area contributed by atoms with E-state index in [1.54, 1.807) is 0 Å². The molecule has 0 heterocycles. The molecule has 0 bridgehead atoms. The van der Waals surface area contributed by atoms with E-state index in [4.69, 9.17) is 0 Å². The Labute approximate surface area is 481 Å². The first-order valence-corrected chi connectivity index (χ1v) is 30.1.